The van der Waals surface area contributed by atoms with Crippen molar-refractivity contribution in [3.05, 3.63) is 78.8 Å². The molecule has 104 valence electrons. The van der Waals surface area contributed by atoms with Gasteiger partial charge in [0.1, 0.15) is 0 Å². The Labute approximate surface area is 123 Å². The van der Waals surface area contributed by atoms with E-state index in [1.54, 1.807) is 0 Å². The van der Waals surface area contributed by atoms with E-state index >= 15 is 0 Å². The first-order valence-corrected chi connectivity index (χ1v) is 5.95. The highest BCUT2D eigenvalue weighted by atomic mass is 35.5. The largest absolute Gasteiger partial charge is 0.269 e. The zero-order valence-electron chi connectivity index (χ0n) is 9.90. The van der Waals surface area contributed by atoms with E-state index in [4.69, 9.17) is 23.2 Å². The Hall–Kier alpha value is -2.18. The monoisotopic (exact) mass is 314 g/mol. The maximum absolute atomic E-state index is 10.1. The Kier molecular flexibility index (Phi) is 5.89. The summed E-state index contributed by atoms with van der Waals surface area (Å²) in [5.41, 5.74) is 0.119. The summed E-state index contributed by atoms with van der Waals surface area (Å²) in [5.74, 6) is 0. The summed E-state index contributed by atoms with van der Waals surface area (Å²) in [7, 11) is 0. The van der Waals surface area contributed by atoms with Gasteiger partial charge in [0.05, 0.1) is 9.85 Å². The fourth-order valence-electron chi connectivity index (χ4n) is 1.13. The molecule has 0 fully saturated rings. The summed E-state index contributed by atoms with van der Waals surface area (Å²) in [4.78, 5) is 19.2. The molecule has 6 nitrogen and oxygen atoms in total. The van der Waals surface area contributed by atoms with Gasteiger partial charge in [0.15, 0.2) is 0 Å². The Morgan fingerprint density at radius 2 is 0.900 bits per heavy atom. The number of nitro benzene ring substituents is 2. The van der Waals surface area contributed by atoms with Crippen LogP contribution in [0.25, 0.3) is 0 Å². The molecule has 0 radical (unpaired) electrons. The van der Waals surface area contributed by atoms with Crippen LogP contribution in [-0.4, -0.2) is 9.85 Å². The summed E-state index contributed by atoms with van der Waals surface area (Å²) in [5, 5.41) is 21.2. The molecule has 8 heteroatoms. The quantitative estimate of drug-likeness (QED) is 0.603. The second-order valence-electron chi connectivity index (χ2n) is 3.47. The number of nitro groups is 2. The van der Waals surface area contributed by atoms with Crippen molar-refractivity contribution < 1.29 is 9.85 Å². The lowest BCUT2D eigenvalue weighted by molar-refractivity contribution is -0.385. The first-order chi connectivity index (χ1) is 9.40. The third kappa shape index (κ3) is 5.21. The molecule has 0 spiro atoms. The number of rotatable bonds is 2. The molecule has 0 amide bonds. The molecule has 2 rings (SSSR count). The van der Waals surface area contributed by atoms with Crippen LogP contribution in [0.15, 0.2) is 48.5 Å². The molecule has 0 aliphatic carbocycles. The van der Waals surface area contributed by atoms with Gasteiger partial charge < -0.3 is 0 Å². The topological polar surface area (TPSA) is 86.3 Å². The van der Waals surface area contributed by atoms with E-state index in [0.29, 0.717) is 10.0 Å². The van der Waals surface area contributed by atoms with Gasteiger partial charge >= 0.3 is 0 Å². The van der Waals surface area contributed by atoms with Crippen molar-refractivity contribution in [3.63, 3.8) is 0 Å². The van der Waals surface area contributed by atoms with Crippen LogP contribution in [0.5, 0.6) is 0 Å². The van der Waals surface area contributed by atoms with Gasteiger partial charge in [0, 0.05) is 34.3 Å². The molecular formula is C12H8Cl2N2O4. The third-order valence-electron chi connectivity index (χ3n) is 2.07. The normalized spacial score (nSPS) is 9.30. The standard InChI is InChI=1S/2C6H4ClNO2/c2*7-5-1-3-6(4-2-5)8(9)10/h2*1-4H. The van der Waals surface area contributed by atoms with Gasteiger partial charge in [-0.2, -0.15) is 0 Å². The first-order valence-electron chi connectivity index (χ1n) is 5.20. The maximum atomic E-state index is 10.1. The average Bonchev–Trinajstić information content (AvgIpc) is 2.40. The van der Waals surface area contributed by atoms with Gasteiger partial charge in [-0.3, -0.25) is 20.2 Å². The molecule has 0 aliphatic rings. The fraction of sp³-hybridized carbons (Fsp3) is 0. The van der Waals surface area contributed by atoms with Crippen molar-refractivity contribution in [1.82, 2.24) is 0 Å². The van der Waals surface area contributed by atoms with Gasteiger partial charge in [-0.1, -0.05) is 23.2 Å². The lowest BCUT2D eigenvalue weighted by Gasteiger charge is -1.88. The Morgan fingerprint density at radius 3 is 1.10 bits per heavy atom. The van der Waals surface area contributed by atoms with Gasteiger partial charge in [-0.05, 0) is 24.3 Å². The van der Waals surface area contributed by atoms with Crippen LogP contribution in [0, 0.1) is 20.2 Å². The van der Waals surface area contributed by atoms with Crippen molar-refractivity contribution in [2.75, 3.05) is 0 Å². The van der Waals surface area contributed by atoms with E-state index in [9.17, 15) is 20.2 Å². The SMILES string of the molecule is O=[N+]([O-])c1ccc(Cl)cc1.O=[N+]([O-])c1ccc(Cl)cc1. The molecule has 0 saturated carbocycles. The van der Waals surface area contributed by atoms with Crippen LogP contribution in [-0.2, 0) is 0 Å². The summed E-state index contributed by atoms with van der Waals surface area (Å²) in [6.07, 6.45) is 0. The number of non-ortho nitro benzene ring substituents is 2. The Balaban J connectivity index is 0.000000200. The van der Waals surface area contributed by atoms with E-state index < -0.39 is 9.85 Å². The minimum absolute atomic E-state index is 0.0596. The van der Waals surface area contributed by atoms with Crippen molar-refractivity contribution in [1.29, 1.82) is 0 Å². The van der Waals surface area contributed by atoms with Crippen molar-refractivity contribution in [3.8, 4) is 0 Å². The van der Waals surface area contributed by atoms with Crippen LogP contribution < -0.4 is 0 Å². The Morgan fingerprint density at radius 1 is 0.650 bits per heavy atom. The highest BCUT2D eigenvalue weighted by Crippen LogP contribution is 2.15. The lowest BCUT2D eigenvalue weighted by Crippen LogP contribution is -1.85. The van der Waals surface area contributed by atoms with Crippen molar-refractivity contribution in [2.24, 2.45) is 0 Å². The van der Waals surface area contributed by atoms with Crippen molar-refractivity contribution >= 4 is 34.6 Å². The van der Waals surface area contributed by atoms with E-state index in [1.807, 2.05) is 0 Å². The summed E-state index contributed by atoms with van der Waals surface area (Å²) in [6.45, 7) is 0. The highest BCUT2D eigenvalue weighted by Gasteiger charge is 2.02. The minimum Gasteiger partial charge on any atom is -0.258 e. The molecule has 0 unspecified atom stereocenters. The smallest absolute Gasteiger partial charge is 0.258 e. The van der Waals surface area contributed by atoms with E-state index in [2.05, 4.69) is 0 Å². The summed E-state index contributed by atoms with van der Waals surface area (Å²) in [6, 6.07) is 11.4. The molecule has 2 aromatic rings. The number of halogens is 2. The van der Waals surface area contributed by atoms with Gasteiger partial charge in [-0.25, -0.2) is 0 Å². The molecular weight excluding hydrogens is 307 g/mol. The van der Waals surface area contributed by atoms with Crippen LogP contribution >= 0.6 is 23.2 Å². The van der Waals surface area contributed by atoms with E-state index in [1.165, 1.54) is 48.5 Å². The molecule has 0 N–H and O–H groups in total. The number of nitrogens with zero attached hydrogens (tertiary/aromatic N) is 2. The zero-order valence-corrected chi connectivity index (χ0v) is 11.4. The summed E-state index contributed by atoms with van der Waals surface area (Å²) >= 11 is 11.0. The van der Waals surface area contributed by atoms with Gasteiger partial charge in [0.2, 0.25) is 0 Å². The van der Waals surface area contributed by atoms with Crippen molar-refractivity contribution in [2.45, 2.75) is 0 Å². The second kappa shape index (κ2) is 7.42. The molecule has 0 atom stereocenters. The molecule has 20 heavy (non-hydrogen) atoms. The van der Waals surface area contributed by atoms with E-state index in [-0.39, 0.29) is 11.4 Å². The molecule has 0 bridgehead atoms. The minimum atomic E-state index is -0.462. The molecule has 0 saturated heterocycles. The first kappa shape index (κ1) is 15.9. The second-order valence-corrected chi connectivity index (χ2v) is 4.34. The predicted molar refractivity (Wildman–Crippen MR) is 76.2 cm³/mol. The number of benzene rings is 2. The van der Waals surface area contributed by atoms with E-state index in [0.717, 1.165) is 0 Å². The van der Waals surface area contributed by atoms with Gasteiger partial charge in [0.25, 0.3) is 11.4 Å². The number of hydrogen-bond acceptors (Lipinski definition) is 4. The van der Waals surface area contributed by atoms with Crippen LogP contribution in [0.3, 0.4) is 0 Å². The molecule has 0 aliphatic heterocycles. The maximum Gasteiger partial charge on any atom is 0.269 e. The molecule has 0 heterocycles. The van der Waals surface area contributed by atoms with Crippen LogP contribution in [0.4, 0.5) is 11.4 Å². The fourth-order valence-corrected chi connectivity index (χ4v) is 1.38. The average molecular weight is 315 g/mol. The number of hydrogen-bond donors (Lipinski definition) is 0. The summed E-state index contributed by atoms with van der Waals surface area (Å²) < 4.78 is 0. The van der Waals surface area contributed by atoms with Crippen LogP contribution in [0.1, 0.15) is 0 Å². The Bertz CT molecular complexity index is 544. The van der Waals surface area contributed by atoms with Crippen LogP contribution in [0.2, 0.25) is 10.0 Å². The highest BCUT2D eigenvalue weighted by molar-refractivity contribution is 6.30. The third-order valence-corrected chi connectivity index (χ3v) is 2.58. The molecule has 0 aromatic heterocycles. The van der Waals surface area contributed by atoms with Gasteiger partial charge in [-0.15, -0.1) is 0 Å². The molecule has 2 aromatic carbocycles. The predicted octanol–water partition coefficient (Wildman–Crippen LogP) is 4.50. The lowest BCUT2D eigenvalue weighted by atomic mass is 10.3. The zero-order chi connectivity index (χ0) is 15.1.